The van der Waals surface area contributed by atoms with Crippen LogP contribution in [0.4, 0.5) is 0 Å². The van der Waals surface area contributed by atoms with E-state index in [1.165, 1.54) is 6.07 Å². The van der Waals surface area contributed by atoms with Crippen LogP contribution < -0.4 is 5.32 Å². The van der Waals surface area contributed by atoms with Crippen LogP contribution in [0.1, 0.15) is 27.6 Å². The van der Waals surface area contributed by atoms with Gasteiger partial charge in [-0.25, -0.2) is 4.79 Å². The van der Waals surface area contributed by atoms with E-state index in [-0.39, 0.29) is 23.1 Å². The molecule has 1 aromatic rings. The van der Waals surface area contributed by atoms with Gasteiger partial charge in [0.1, 0.15) is 0 Å². The van der Waals surface area contributed by atoms with Crippen LogP contribution in [0.25, 0.3) is 0 Å². The fraction of sp³-hybridized carbons (Fsp3) is 0.333. The number of nitrogens with one attached hydrogen (secondary N) is 1. The van der Waals surface area contributed by atoms with Crippen molar-refractivity contribution in [2.75, 3.05) is 12.0 Å². The Morgan fingerprint density at radius 2 is 2.17 bits per heavy atom. The average Bonchev–Trinajstić information content (AvgIpc) is 2.28. The number of carbonyl (C=O) groups is 2. The van der Waals surface area contributed by atoms with Crippen LogP contribution >= 0.6 is 34.4 Å². The summed E-state index contributed by atoms with van der Waals surface area (Å²) in [4.78, 5) is 23.2. The first-order chi connectivity index (χ1) is 8.47. The summed E-state index contributed by atoms with van der Waals surface area (Å²) in [5.41, 5.74) is 0.273. The van der Waals surface area contributed by atoms with Crippen LogP contribution in [0.2, 0.25) is 0 Å². The highest BCUT2D eigenvalue weighted by molar-refractivity contribution is 14.1. The van der Waals surface area contributed by atoms with Gasteiger partial charge in [0.25, 0.3) is 5.91 Å². The van der Waals surface area contributed by atoms with E-state index in [0.29, 0.717) is 3.57 Å². The molecule has 18 heavy (non-hydrogen) atoms. The Bertz CT molecular complexity index is 465. The van der Waals surface area contributed by atoms with E-state index < -0.39 is 5.97 Å². The van der Waals surface area contributed by atoms with Gasteiger partial charge in [-0.05, 0) is 47.9 Å². The van der Waals surface area contributed by atoms with Crippen LogP contribution in [0.3, 0.4) is 0 Å². The zero-order valence-corrected chi connectivity index (χ0v) is 13.0. The molecule has 0 spiro atoms. The van der Waals surface area contributed by atoms with Gasteiger partial charge in [0.05, 0.1) is 11.1 Å². The van der Waals surface area contributed by atoms with Gasteiger partial charge in [-0.15, -0.1) is 0 Å². The first-order valence-electron chi connectivity index (χ1n) is 5.29. The molecule has 6 heteroatoms. The molecule has 4 nitrogen and oxygen atoms in total. The molecule has 1 aromatic carbocycles. The minimum atomic E-state index is -1.08. The highest BCUT2D eigenvalue weighted by Gasteiger charge is 2.20. The maximum absolute atomic E-state index is 12.0. The van der Waals surface area contributed by atoms with E-state index in [4.69, 9.17) is 5.11 Å². The van der Waals surface area contributed by atoms with E-state index in [2.05, 4.69) is 5.32 Å². The Balaban J connectivity index is 2.99. The molecule has 2 N–H and O–H groups in total. The molecule has 0 fully saturated rings. The molecule has 1 rings (SSSR count). The van der Waals surface area contributed by atoms with Crippen molar-refractivity contribution < 1.29 is 14.7 Å². The average molecular weight is 379 g/mol. The van der Waals surface area contributed by atoms with E-state index in [1.807, 2.05) is 35.8 Å². The van der Waals surface area contributed by atoms with Crippen molar-refractivity contribution in [1.29, 1.82) is 0 Å². The Morgan fingerprint density at radius 3 is 2.72 bits per heavy atom. The highest BCUT2D eigenvalue weighted by Crippen LogP contribution is 2.17. The smallest absolute Gasteiger partial charge is 0.337 e. The third kappa shape index (κ3) is 3.88. The molecule has 0 saturated carbocycles. The van der Waals surface area contributed by atoms with Crippen LogP contribution in [0.5, 0.6) is 0 Å². The first kappa shape index (κ1) is 15.3. The fourth-order valence-electron chi connectivity index (χ4n) is 1.52. The van der Waals surface area contributed by atoms with Gasteiger partial charge < -0.3 is 10.4 Å². The molecule has 0 heterocycles. The molecule has 0 aliphatic carbocycles. The summed E-state index contributed by atoms with van der Waals surface area (Å²) in [6.07, 6.45) is 1.96. The summed E-state index contributed by atoms with van der Waals surface area (Å²) >= 11 is 3.55. The molecule has 0 aliphatic heterocycles. The lowest BCUT2D eigenvalue weighted by Crippen LogP contribution is -2.35. The molecular weight excluding hydrogens is 365 g/mol. The normalized spacial score (nSPS) is 11.9. The Labute approximate surface area is 124 Å². The summed E-state index contributed by atoms with van der Waals surface area (Å²) in [5, 5.41) is 11.9. The first-order valence-corrected chi connectivity index (χ1v) is 7.76. The largest absolute Gasteiger partial charge is 0.478 e. The maximum atomic E-state index is 12.0. The maximum Gasteiger partial charge on any atom is 0.337 e. The molecule has 1 atom stereocenters. The van der Waals surface area contributed by atoms with Crippen LogP contribution in [-0.4, -0.2) is 35.0 Å². The molecule has 0 aromatic heterocycles. The lowest BCUT2D eigenvalue weighted by molar-refractivity contribution is 0.0689. The second-order valence-electron chi connectivity index (χ2n) is 3.80. The summed E-state index contributed by atoms with van der Waals surface area (Å²) in [7, 11) is 0. The van der Waals surface area contributed by atoms with Gasteiger partial charge in [-0.3, -0.25) is 4.79 Å². The van der Waals surface area contributed by atoms with Gasteiger partial charge in [0.15, 0.2) is 0 Å². The zero-order valence-electron chi connectivity index (χ0n) is 10.1. The van der Waals surface area contributed by atoms with Crippen LogP contribution in [-0.2, 0) is 0 Å². The molecule has 0 saturated heterocycles. The minimum Gasteiger partial charge on any atom is -0.478 e. The number of rotatable bonds is 5. The summed E-state index contributed by atoms with van der Waals surface area (Å²) in [5.74, 6) is -0.631. The highest BCUT2D eigenvalue weighted by atomic mass is 127. The second kappa shape index (κ2) is 6.98. The van der Waals surface area contributed by atoms with Gasteiger partial charge >= 0.3 is 5.97 Å². The lowest BCUT2D eigenvalue weighted by atomic mass is 10.1. The fourth-order valence-corrected chi connectivity index (χ4v) is 2.84. The monoisotopic (exact) mass is 379 g/mol. The SMILES string of the molecule is CSC[C@H](C)NC(=O)c1cccc(I)c1C(=O)O. The lowest BCUT2D eigenvalue weighted by Gasteiger charge is -2.14. The van der Waals surface area contributed by atoms with Gasteiger partial charge in [0.2, 0.25) is 0 Å². The van der Waals surface area contributed by atoms with Crippen molar-refractivity contribution in [3.8, 4) is 0 Å². The van der Waals surface area contributed by atoms with Crippen molar-refractivity contribution >= 4 is 46.2 Å². The second-order valence-corrected chi connectivity index (χ2v) is 5.87. The molecule has 0 radical (unpaired) electrons. The number of halogens is 1. The number of carbonyl (C=O) groups excluding carboxylic acids is 1. The number of aromatic carboxylic acids is 1. The van der Waals surface area contributed by atoms with E-state index in [0.717, 1.165) is 5.75 Å². The number of hydrogen-bond acceptors (Lipinski definition) is 3. The third-order valence-corrected chi connectivity index (χ3v) is 4.00. The van der Waals surface area contributed by atoms with Crippen LogP contribution in [0.15, 0.2) is 18.2 Å². The van der Waals surface area contributed by atoms with Crippen molar-refractivity contribution in [1.82, 2.24) is 5.32 Å². The quantitative estimate of drug-likeness (QED) is 0.772. The van der Waals surface area contributed by atoms with Gasteiger partial charge in [-0.1, -0.05) is 6.07 Å². The molecule has 98 valence electrons. The third-order valence-electron chi connectivity index (χ3n) is 2.27. The van der Waals surface area contributed by atoms with E-state index >= 15 is 0 Å². The van der Waals surface area contributed by atoms with Crippen LogP contribution in [0, 0.1) is 3.57 Å². The molecular formula is C12H14INO3S. The number of carboxylic acid groups (broad SMARTS) is 1. The zero-order chi connectivity index (χ0) is 13.7. The van der Waals surface area contributed by atoms with Gasteiger partial charge in [-0.2, -0.15) is 11.8 Å². The number of thioether (sulfide) groups is 1. The predicted octanol–water partition coefficient (Wildman–Crippen LogP) is 2.47. The van der Waals surface area contributed by atoms with Crippen molar-refractivity contribution in [3.63, 3.8) is 0 Å². The Kier molecular flexibility index (Phi) is 5.94. The Morgan fingerprint density at radius 1 is 1.50 bits per heavy atom. The standard InChI is InChI=1S/C12H14INO3S/c1-7(6-18-2)14-11(15)8-4-3-5-9(13)10(8)12(16)17/h3-5,7H,6H2,1-2H3,(H,14,15)(H,16,17)/t7-/m0/s1. The molecule has 0 unspecified atom stereocenters. The molecule has 0 aliphatic rings. The van der Waals surface area contributed by atoms with E-state index in [9.17, 15) is 9.59 Å². The number of amides is 1. The van der Waals surface area contributed by atoms with Crippen molar-refractivity contribution in [3.05, 3.63) is 32.9 Å². The number of hydrogen-bond donors (Lipinski definition) is 2. The van der Waals surface area contributed by atoms with E-state index in [1.54, 1.807) is 23.9 Å². The topological polar surface area (TPSA) is 66.4 Å². The Hall–Kier alpha value is -0.760. The molecule has 0 bridgehead atoms. The van der Waals surface area contributed by atoms with Crippen molar-refractivity contribution in [2.45, 2.75) is 13.0 Å². The minimum absolute atomic E-state index is 0.00649. The predicted molar refractivity (Wildman–Crippen MR) is 81.4 cm³/mol. The summed E-state index contributed by atoms with van der Waals surface area (Å²) in [6, 6.07) is 4.90. The summed E-state index contributed by atoms with van der Waals surface area (Å²) < 4.78 is 0.560. The summed E-state index contributed by atoms with van der Waals surface area (Å²) in [6.45, 7) is 1.89. The number of carboxylic acids is 1. The van der Waals surface area contributed by atoms with Gasteiger partial charge in [0, 0.05) is 15.4 Å². The molecule has 1 amide bonds. The number of benzene rings is 1. The van der Waals surface area contributed by atoms with Crippen molar-refractivity contribution in [2.24, 2.45) is 0 Å².